The van der Waals surface area contributed by atoms with Crippen LogP contribution in [0.25, 0.3) is 0 Å². The van der Waals surface area contributed by atoms with Crippen LogP contribution in [0, 0.1) is 13.8 Å². The topological polar surface area (TPSA) is 55.5 Å². The fourth-order valence-corrected chi connectivity index (χ4v) is 3.71. The van der Waals surface area contributed by atoms with E-state index in [-0.39, 0.29) is 24.0 Å². The molecule has 3 rings (SSSR count). The van der Waals surface area contributed by atoms with Gasteiger partial charge in [-0.1, -0.05) is 11.6 Å². The summed E-state index contributed by atoms with van der Waals surface area (Å²) in [4.78, 5) is 0. The highest BCUT2D eigenvalue weighted by atomic mass is 35.5. The molecular formula is C15H21Cl2NO2. The third-order valence-electron chi connectivity index (χ3n) is 4.70. The fraction of sp³-hybridized carbons (Fsp3) is 0.600. The van der Waals surface area contributed by atoms with Crippen LogP contribution in [0.5, 0.6) is 5.75 Å². The Morgan fingerprint density at radius 1 is 1.35 bits per heavy atom. The van der Waals surface area contributed by atoms with Crippen molar-refractivity contribution in [3.05, 3.63) is 27.8 Å². The highest BCUT2D eigenvalue weighted by Gasteiger charge is 2.49. The molecule has 1 aliphatic heterocycles. The lowest BCUT2D eigenvalue weighted by molar-refractivity contribution is -0.0319. The van der Waals surface area contributed by atoms with Crippen LogP contribution in [0.2, 0.25) is 5.02 Å². The Morgan fingerprint density at radius 3 is 2.55 bits per heavy atom. The zero-order valence-electron chi connectivity index (χ0n) is 11.8. The Labute approximate surface area is 130 Å². The maximum absolute atomic E-state index is 10.6. The van der Waals surface area contributed by atoms with Gasteiger partial charge < -0.3 is 15.6 Å². The molecule has 0 amide bonds. The van der Waals surface area contributed by atoms with Crippen molar-refractivity contribution in [2.24, 2.45) is 5.73 Å². The molecule has 0 saturated heterocycles. The molecule has 20 heavy (non-hydrogen) atoms. The summed E-state index contributed by atoms with van der Waals surface area (Å²) in [5, 5.41) is 11.3. The monoisotopic (exact) mass is 317 g/mol. The molecule has 1 aliphatic carbocycles. The van der Waals surface area contributed by atoms with E-state index in [0.717, 1.165) is 48.1 Å². The number of nitrogens with two attached hydrogens (primary N) is 1. The van der Waals surface area contributed by atoms with Crippen molar-refractivity contribution in [1.29, 1.82) is 0 Å². The zero-order valence-corrected chi connectivity index (χ0v) is 13.4. The average molecular weight is 318 g/mol. The molecule has 2 aliphatic rings. The first kappa shape index (κ1) is 15.9. The van der Waals surface area contributed by atoms with Crippen molar-refractivity contribution < 1.29 is 9.84 Å². The van der Waals surface area contributed by atoms with E-state index in [1.807, 2.05) is 19.9 Å². The van der Waals surface area contributed by atoms with Gasteiger partial charge in [-0.05, 0) is 56.7 Å². The van der Waals surface area contributed by atoms with Gasteiger partial charge in [0.1, 0.15) is 17.5 Å². The number of halogens is 2. The Bertz CT molecular complexity index is 527. The van der Waals surface area contributed by atoms with Crippen molar-refractivity contribution in [3.63, 3.8) is 0 Å². The van der Waals surface area contributed by atoms with Crippen molar-refractivity contribution in [3.8, 4) is 5.75 Å². The molecule has 1 spiro atoms. The highest BCUT2D eigenvalue weighted by Crippen LogP contribution is 2.49. The van der Waals surface area contributed by atoms with Crippen LogP contribution in [0.4, 0.5) is 0 Å². The molecule has 112 valence electrons. The molecule has 0 aromatic heterocycles. The van der Waals surface area contributed by atoms with Gasteiger partial charge in [0.25, 0.3) is 0 Å². The molecule has 2 unspecified atom stereocenters. The standard InChI is InChI=1S/C15H20ClNO2.ClH/c1-8-7-10-11(9(2)12(8)16)13(18)14(17)15(19-10)5-3-4-6-15;/h7,13-14,18H,3-6,17H2,1-2H3;1H. The summed E-state index contributed by atoms with van der Waals surface area (Å²) in [6.45, 7) is 3.88. The van der Waals surface area contributed by atoms with Crippen LogP contribution in [0.3, 0.4) is 0 Å². The number of aliphatic hydroxyl groups excluding tert-OH is 1. The summed E-state index contributed by atoms with van der Waals surface area (Å²) in [5.74, 6) is 0.760. The number of rotatable bonds is 0. The molecule has 0 radical (unpaired) electrons. The molecule has 0 bridgehead atoms. The minimum atomic E-state index is -0.694. The van der Waals surface area contributed by atoms with Crippen LogP contribution in [-0.2, 0) is 0 Å². The van der Waals surface area contributed by atoms with Crippen molar-refractivity contribution in [2.75, 3.05) is 0 Å². The molecule has 1 aromatic carbocycles. The first-order valence-corrected chi connectivity index (χ1v) is 7.26. The van der Waals surface area contributed by atoms with Gasteiger partial charge in [-0.3, -0.25) is 0 Å². The van der Waals surface area contributed by atoms with Crippen LogP contribution in [-0.4, -0.2) is 16.7 Å². The minimum Gasteiger partial charge on any atom is -0.485 e. The summed E-state index contributed by atoms with van der Waals surface area (Å²) >= 11 is 6.27. The van der Waals surface area contributed by atoms with Gasteiger partial charge in [-0.2, -0.15) is 0 Å². The second-order valence-corrected chi connectivity index (χ2v) is 6.27. The molecule has 1 saturated carbocycles. The first-order valence-electron chi connectivity index (χ1n) is 6.88. The summed E-state index contributed by atoms with van der Waals surface area (Å²) < 4.78 is 6.24. The molecule has 2 atom stereocenters. The van der Waals surface area contributed by atoms with Gasteiger partial charge in [0, 0.05) is 10.6 Å². The number of fused-ring (bicyclic) bond motifs is 1. The molecule has 1 aromatic rings. The number of aryl methyl sites for hydroxylation is 1. The maximum Gasteiger partial charge on any atom is 0.127 e. The van der Waals surface area contributed by atoms with Crippen LogP contribution in [0.1, 0.15) is 48.5 Å². The number of hydrogen-bond donors (Lipinski definition) is 2. The predicted octanol–water partition coefficient (Wildman–Crippen LogP) is 3.44. The summed E-state index contributed by atoms with van der Waals surface area (Å²) in [5.41, 5.74) is 8.51. The normalized spacial score (nSPS) is 26.9. The summed E-state index contributed by atoms with van der Waals surface area (Å²) in [6, 6.07) is 1.56. The SMILES string of the molecule is Cc1cc2c(c(C)c1Cl)C(O)C(N)C1(CCCC1)O2.Cl. The van der Waals surface area contributed by atoms with Crippen LogP contribution < -0.4 is 10.5 Å². The van der Waals surface area contributed by atoms with E-state index >= 15 is 0 Å². The Hall–Kier alpha value is -0.480. The first-order chi connectivity index (χ1) is 8.96. The molecule has 1 heterocycles. The van der Waals surface area contributed by atoms with Gasteiger partial charge in [0.05, 0.1) is 6.04 Å². The number of aliphatic hydroxyl groups is 1. The van der Waals surface area contributed by atoms with E-state index in [0.29, 0.717) is 5.02 Å². The number of hydrogen-bond acceptors (Lipinski definition) is 3. The lowest BCUT2D eigenvalue weighted by Crippen LogP contribution is -2.56. The smallest absolute Gasteiger partial charge is 0.127 e. The van der Waals surface area contributed by atoms with Gasteiger partial charge in [-0.15, -0.1) is 12.4 Å². The lowest BCUT2D eigenvalue weighted by atomic mass is 9.81. The number of benzene rings is 1. The summed E-state index contributed by atoms with van der Waals surface area (Å²) in [6.07, 6.45) is 3.37. The van der Waals surface area contributed by atoms with E-state index in [1.54, 1.807) is 0 Å². The van der Waals surface area contributed by atoms with Crippen LogP contribution >= 0.6 is 24.0 Å². The quantitative estimate of drug-likeness (QED) is 0.770. The molecular weight excluding hydrogens is 297 g/mol. The van der Waals surface area contributed by atoms with Gasteiger partial charge in [0.2, 0.25) is 0 Å². The third kappa shape index (κ3) is 2.12. The maximum atomic E-state index is 10.6. The Kier molecular flexibility index (Phi) is 4.27. The Morgan fingerprint density at radius 2 is 1.95 bits per heavy atom. The van der Waals surface area contributed by atoms with Gasteiger partial charge in [-0.25, -0.2) is 0 Å². The molecule has 3 N–H and O–H groups in total. The van der Waals surface area contributed by atoms with Crippen molar-refractivity contribution in [1.82, 2.24) is 0 Å². The molecule has 5 heteroatoms. The zero-order chi connectivity index (χ0) is 13.8. The highest BCUT2D eigenvalue weighted by molar-refractivity contribution is 6.32. The second-order valence-electron chi connectivity index (χ2n) is 5.89. The molecule has 3 nitrogen and oxygen atoms in total. The summed E-state index contributed by atoms with van der Waals surface area (Å²) in [7, 11) is 0. The minimum absolute atomic E-state index is 0. The van der Waals surface area contributed by atoms with E-state index in [2.05, 4.69) is 0 Å². The lowest BCUT2D eigenvalue weighted by Gasteiger charge is -2.44. The van der Waals surface area contributed by atoms with E-state index in [1.165, 1.54) is 0 Å². The Balaban J connectivity index is 0.00000147. The van der Waals surface area contributed by atoms with Crippen molar-refractivity contribution >= 4 is 24.0 Å². The largest absolute Gasteiger partial charge is 0.485 e. The average Bonchev–Trinajstić information content (AvgIpc) is 2.83. The van der Waals surface area contributed by atoms with Gasteiger partial charge >= 0.3 is 0 Å². The van der Waals surface area contributed by atoms with E-state index in [4.69, 9.17) is 22.1 Å². The molecule has 1 fully saturated rings. The van der Waals surface area contributed by atoms with E-state index < -0.39 is 6.10 Å². The predicted molar refractivity (Wildman–Crippen MR) is 82.9 cm³/mol. The third-order valence-corrected chi connectivity index (χ3v) is 5.28. The number of ether oxygens (including phenoxy) is 1. The van der Waals surface area contributed by atoms with E-state index in [9.17, 15) is 5.11 Å². The van der Waals surface area contributed by atoms with Crippen molar-refractivity contribution in [2.45, 2.75) is 57.3 Å². The van der Waals surface area contributed by atoms with Gasteiger partial charge in [0.15, 0.2) is 0 Å². The second kappa shape index (κ2) is 5.38. The van der Waals surface area contributed by atoms with Crippen LogP contribution in [0.15, 0.2) is 6.07 Å². The fourth-order valence-electron chi connectivity index (χ4n) is 3.55.